The Bertz CT molecular complexity index is 1490. The summed E-state index contributed by atoms with van der Waals surface area (Å²) in [6, 6.07) is 17.3. The quantitative estimate of drug-likeness (QED) is 0.271. The number of hydrogen-bond donors (Lipinski definition) is 1. The Kier molecular flexibility index (Phi) is 8.64. The van der Waals surface area contributed by atoms with Gasteiger partial charge in [-0.15, -0.1) is 0 Å². The van der Waals surface area contributed by atoms with Crippen LogP contribution in [0.2, 0.25) is 5.15 Å². The molecule has 0 radical (unpaired) electrons. The lowest BCUT2D eigenvalue weighted by Gasteiger charge is -2.17. The predicted molar refractivity (Wildman–Crippen MR) is 158 cm³/mol. The van der Waals surface area contributed by atoms with Crippen LogP contribution in [0.3, 0.4) is 0 Å². The summed E-state index contributed by atoms with van der Waals surface area (Å²) in [5, 5.41) is 1.22. The van der Waals surface area contributed by atoms with Gasteiger partial charge in [0.15, 0.2) is 0 Å². The molecule has 40 heavy (non-hydrogen) atoms. The molecule has 1 atom stereocenters. The van der Waals surface area contributed by atoms with E-state index in [0.717, 1.165) is 29.8 Å². The molecule has 1 aliphatic heterocycles. The van der Waals surface area contributed by atoms with E-state index in [1.54, 1.807) is 13.2 Å². The number of fused-ring (bicyclic) bond motifs is 1. The first kappa shape index (κ1) is 27.6. The minimum Gasteiger partial charge on any atom is -0.457 e. The van der Waals surface area contributed by atoms with E-state index < -0.39 is 0 Å². The third-order valence-electron chi connectivity index (χ3n) is 7.07. The number of ether oxygens (including phenoxy) is 2. The second-order valence-corrected chi connectivity index (χ2v) is 10.2. The van der Waals surface area contributed by atoms with E-state index >= 15 is 0 Å². The van der Waals surface area contributed by atoms with Gasteiger partial charge in [0, 0.05) is 44.9 Å². The lowest BCUT2D eigenvalue weighted by Crippen LogP contribution is -2.28. The second-order valence-electron chi connectivity index (χ2n) is 9.82. The van der Waals surface area contributed by atoms with Crippen LogP contribution in [0.4, 0.5) is 5.82 Å². The van der Waals surface area contributed by atoms with Crippen LogP contribution in [0.1, 0.15) is 12.5 Å². The number of carbonyl (C=O) groups excluding carboxylic acids is 1. The number of para-hydroxylation sites is 1. The fraction of sp³-hybridized carbons (Fsp3) is 0.300. The van der Waals surface area contributed by atoms with Gasteiger partial charge < -0.3 is 29.6 Å². The monoisotopic (exact) mass is 560 g/mol. The summed E-state index contributed by atoms with van der Waals surface area (Å²) < 4.78 is 13.0. The molecule has 0 saturated carbocycles. The van der Waals surface area contributed by atoms with Gasteiger partial charge in [-0.2, -0.15) is 0 Å². The maximum absolute atomic E-state index is 12.9. The molecule has 0 bridgehead atoms. The number of nitrogen functional groups attached to an aromatic ring is 1. The summed E-state index contributed by atoms with van der Waals surface area (Å²) in [6.07, 6.45) is 5.74. The number of amides is 1. The highest BCUT2D eigenvalue weighted by molar-refractivity contribution is 6.35. The zero-order chi connectivity index (χ0) is 28.1. The number of nitrogens with zero attached hydrogens (tertiary/aromatic N) is 5. The standard InChI is InChI=1S/C30H33ClN6O3/c1-35(17-18-39-2)15-6-9-25(38)36-16-14-22(19-36)37-28(31)26(27-29(32)33-20-34-30(27)37)21-10-12-24(13-11-21)40-23-7-4-3-5-8-23/h3-13,20,22H,14-19H2,1-2H3,(H2,32,33,34). The second kappa shape index (κ2) is 12.5. The first-order valence-electron chi connectivity index (χ1n) is 13.2. The minimum absolute atomic E-state index is 0.0152. The van der Waals surface area contributed by atoms with Crippen molar-refractivity contribution in [2.24, 2.45) is 0 Å². The molecule has 0 spiro atoms. The number of carbonyl (C=O) groups is 1. The molecular formula is C30H33ClN6O3. The molecule has 4 aromatic rings. The van der Waals surface area contributed by atoms with Crippen LogP contribution < -0.4 is 10.5 Å². The van der Waals surface area contributed by atoms with Gasteiger partial charge in [-0.1, -0.05) is 48.0 Å². The summed E-state index contributed by atoms with van der Waals surface area (Å²) in [6.45, 7) is 3.29. The van der Waals surface area contributed by atoms with Crippen molar-refractivity contribution in [1.29, 1.82) is 0 Å². The molecule has 1 unspecified atom stereocenters. The number of hydrogen-bond acceptors (Lipinski definition) is 7. The molecule has 2 aromatic heterocycles. The maximum atomic E-state index is 12.9. The number of likely N-dealkylation sites (tertiary alicyclic amines) is 1. The average Bonchev–Trinajstić information content (AvgIpc) is 3.56. The molecule has 1 saturated heterocycles. The number of benzene rings is 2. The van der Waals surface area contributed by atoms with E-state index in [-0.39, 0.29) is 11.9 Å². The molecule has 3 heterocycles. The molecule has 208 valence electrons. The molecule has 10 heteroatoms. The minimum atomic E-state index is -0.0412. The highest BCUT2D eigenvalue weighted by atomic mass is 35.5. The highest BCUT2D eigenvalue weighted by Crippen LogP contribution is 2.43. The van der Waals surface area contributed by atoms with Gasteiger partial charge in [0.2, 0.25) is 5.91 Å². The van der Waals surface area contributed by atoms with Crippen molar-refractivity contribution < 1.29 is 14.3 Å². The smallest absolute Gasteiger partial charge is 0.246 e. The van der Waals surface area contributed by atoms with Gasteiger partial charge in [0.1, 0.15) is 34.4 Å². The van der Waals surface area contributed by atoms with Crippen molar-refractivity contribution in [2.75, 3.05) is 52.7 Å². The molecule has 1 fully saturated rings. The number of methoxy groups -OCH3 is 1. The summed E-state index contributed by atoms with van der Waals surface area (Å²) >= 11 is 7.07. The Morgan fingerprint density at radius 2 is 1.90 bits per heavy atom. The van der Waals surface area contributed by atoms with Gasteiger partial charge in [0.05, 0.1) is 18.0 Å². The third-order valence-corrected chi connectivity index (χ3v) is 7.44. The Morgan fingerprint density at radius 1 is 1.15 bits per heavy atom. The molecule has 9 nitrogen and oxygen atoms in total. The molecule has 2 aromatic carbocycles. The van der Waals surface area contributed by atoms with Crippen molar-refractivity contribution in [2.45, 2.75) is 12.5 Å². The number of halogens is 1. The van der Waals surface area contributed by atoms with E-state index in [0.29, 0.717) is 54.0 Å². The van der Waals surface area contributed by atoms with Gasteiger partial charge in [-0.3, -0.25) is 4.79 Å². The number of nitrogens with two attached hydrogens (primary N) is 1. The molecule has 1 amide bonds. The summed E-state index contributed by atoms with van der Waals surface area (Å²) in [5.41, 5.74) is 8.66. The van der Waals surface area contributed by atoms with Crippen LogP contribution in [0.25, 0.3) is 22.2 Å². The van der Waals surface area contributed by atoms with E-state index in [1.807, 2.05) is 77.2 Å². The van der Waals surface area contributed by atoms with Crippen molar-refractivity contribution in [1.82, 2.24) is 24.3 Å². The Morgan fingerprint density at radius 3 is 2.65 bits per heavy atom. The predicted octanol–water partition coefficient (Wildman–Crippen LogP) is 5.03. The van der Waals surface area contributed by atoms with E-state index in [2.05, 4.69) is 14.9 Å². The largest absolute Gasteiger partial charge is 0.457 e. The van der Waals surface area contributed by atoms with Gasteiger partial charge in [-0.25, -0.2) is 9.97 Å². The number of likely N-dealkylation sites (N-methyl/N-ethyl adjacent to an activating group) is 1. The van der Waals surface area contributed by atoms with Crippen molar-refractivity contribution in [3.63, 3.8) is 0 Å². The van der Waals surface area contributed by atoms with E-state index in [9.17, 15) is 4.79 Å². The van der Waals surface area contributed by atoms with Crippen LogP contribution >= 0.6 is 11.6 Å². The van der Waals surface area contributed by atoms with E-state index in [1.165, 1.54) is 6.33 Å². The summed E-state index contributed by atoms with van der Waals surface area (Å²) in [5.74, 6) is 1.81. The van der Waals surface area contributed by atoms with E-state index in [4.69, 9.17) is 26.8 Å². The van der Waals surface area contributed by atoms with Crippen LogP contribution in [-0.4, -0.2) is 77.2 Å². The molecule has 2 N–H and O–H groups in total. The normalized spacial score (nSPS) is 15.5. The van der Waals surface area contributed by atoms with Crippen LogP contribution in [-0.2, 0) is 9.53 Å². The van der Waals surface area contributed by atoms with Crippen LogP contribution in [0.15, 0.2) is 73.1 Å². The lowest BCUT2D eigenvalue weighted by molar-refractivity contribution is -0.125. The molecule has 5 rings (SSSR count). The topological polar surface area (TPSA) is 98.7 Å². The molecule has 1 aliphatic rings. The van der Waals surface area contributed by atoms with Crippen LogP contribution in [0.5, 0.6) is 11.5 Å². The first-order valence-corrected chi connectivity index (χ1v) is 13.6. The SMILES string of the molecule is COCCN(C)CC=CC(=O)N1CCC(n2c(Cl)c(-c3ccc(Oc4ccccc4)cc3)c3c(N)ncnc32)C1. The van der Waals surface area contributed by atoms with Gasteiger partial charge in [-0.05, 0) is 43.3 Å². The third kappa shape index (κ3) is 5.96. The number of anilines is 1. The first-order chi connectivity index (χ1) is 19.5. The summed E-state index contributed by atoms with van der Waals surface area (Å²) in [4.78, 5) is 25.6. The Labute approximate surface area is 238 Å². The van der Waals surface area contributed by atoms with Gasteiger partial charge in [0.25, 0.3) is 0 Å². The fourth-order valence-corrected chi connectivity index (χ4v) is 5.39. The average molecular weight is 561 g/mol. The van der Waals surface area contributed by atoms with Gasteiger partial charge >= 0.3 is 0 Å². The highest BCUT2D eigenvalue weighted by Gasteiger charge is 2.31. The molecule has 0 aliphatic carbocycles. The summed E-state index contributed by atoms with van der Waals surface area (Å²) in [7, 11) is 3.67. The molecular weight excluding hydrogens is 528 g/mol. The maximum Gasteiger partial charge on any atom is 0.246 e. The van der Waals surface area contributed by atoms with Crippen molar-refractivity contribution in [3.05, 3.63) is 78.2 Å². The van der Waals surface area contributed by atoms with Crippen molar-refractivity contribution in [3.8, 4) is 22.6 Å². The van der Waals surface area contributed by atoms with Crippen molar-refractivity contribution >= 4 is 34.4 Å². The zero-order valence-corrected chi connectivity index (χ0v) is 23.4. The lowest BCUT2D eigenvalue weighted by atomic mass is 10.1. The zero-order valence-electron chi connectivity index (χ0n) is 22.7. The number of rotatable bonds is 10. The fourth-order valence-electron chi connectivity index (χ4n) is 4.97. The Balaban J connectivity index is 1.37. The van der Waals surface area contributed by atoms with Crippen LogP contribution in [0, 0.1) is 0 Å². The Hall–Kier alpha value is -3.92. The number of aromatic nitrogens is 3.